The van der Waals surface area contributed by atoms with Gasteiger partial charge in [-0.25, -0.2) is 23.9 Å². The predicted octanol–water partition coefficient (Wildman–Crippen LogP) is 3.39. The highest BCUT2D eigenvalue weighted by Crippen LogP contribution is 2.28. The van der Waals surface area contributed by atoms with Crippen molar-refractivity contribution in [2.24, 2.45) is 0 Å². The molecule has 0 saturated heterocycles. The van der Waals surface area contributed by atoms with Crippen molar-refractivity contribution in [1.29, 1.82) is 0 Å². The molecule has 1 heterocycles. The molecule has 2 N–H and O–H groups in total. The quantitative estimate of drug-likeness (QED) is 0.577. The molecule has 2 rings (SSSR count). The van der Waals surface area contributed by atoms with Crippen LogP contribution >= 0.6 is 0 Å². The van der Waals surface area contributed by atoms with E-state index in [9.17, 15) is 24.6 Å². The minimum Gasteiger partial charge on any atom is -0.479 e. The number of ether oxygens (including phenoxy) is 1. The number of benzene rings is 1. The number of carbonyl (C=O) groups excluding carboxylic acids is 1. The number of imidazole rings is 1. The Morgan fingerprint density at radius 3 is 2.13 bits per heavy atom. The van der Waals surface area contributed by atoms with Crippen molar-refractivity contribution in [2.45, 2.75) is 65.0 Å². The van der Waals surface area contributed by atoms with Crippen LogP contribution in [0.2, 0.25) is 0 Å². The van der Waals surface area contributed by atoms with Gasteiger partial charge in [-0.2, -0.15) is 0 Å². The predicted molar refractivity (Wildman–Crippen MR) is 115 cm³/mol. The van der Waals surface area contributed by atoms with Crippen LogP contribution in [0.25, 0.3) is 11.0 Å². The van der Waals surface area contributed by atoms with Crippen molar-refractivity contribution in [3.63, 3.8) is 0 Å². The number of nitrogens with zero attached hydrogens (tertiary/aromatic N) is 3. The average Bonchev–Trinajstić information content (AvgIpc) is 3.09. The Morgan fingerprint density at radius 2 is 1.65 bits per heavy atom. The minimum atomic E-state index is -2.14. The van der Waals surface area contributed by atoms with Gasteiger partial charge in [-0.3, -0.25) is 4.90 Å². The molecule has 0 unspecified atom stereocenters. The summed E-state index contributed by atoms with van der Waals surface area (Å²) in [7, 11) is 0. The van der Waals surface area contributed by atoms with Crippen LogP contribution in [0.3, 0.4) is 0 Å². The van der Waals surface area contributed by atoms with Crippen molar-refractivity contribution in [3.05, 3.63) is 30.1 Å². The normalized spacial score (nSPS) is 12.3. The zero-order chi connectivity index (χ0) is 23.4. The largest absolute Gasteiger partial charge is 0.479 e. The van der Waals surface area contributed by atoms with Crippen molar-refractivity contribution in [2.75, 3.05) is 13.1 Å². The van der Waals surface area contributed by atoms with Crippen molar-refractivity contribution in [3.8, 4) is 0 Å². The maximum atomic E-state index is 12.5. The van der Waals surface area contributed by atoms with Crippen molar-refractivity contribution < 1.29 is 29.3 Å². The Bertz CT molecular complexity index is 940. The van der Waals surface area contributed by atoms with Gasteiger partial charge in [0.25, 0.3) is 0 Å². The minimum absolute atomic E-state index is 0.291. The highest BCUT2D eigenvalue weighted by Gasteiger charge is 2.51. The summed E-state index contributed by atoms with van der Waals surface area (Å²) >= 11 is 0. The molecule has 9 heteroatoms. The van der Waals surface area contributed by atoms with E-state index in [-0.39, 0.29) is 6.42 Å². The van der Waals surface area contributed by atoms with Gasteiger partial charge in [0, 0.05) is 6.42 Å². The van der Waals surface area contributed by atoms with Gasteiger partial charge in [0.1, 0.15) is 11.9 Å². The number of hydrogen-bond donors (Lipinski definition) is 2. The number of rotatable bonds is 9. The summed E-state index contributed by atoms with van der Waals surface area (Å²) in [5.41, 5.74) is -1.62. The molecule has 0 aliphatic heterocycles. The average molecular weight is 434 g/mol. The van der Waals surface area contributed by atoms with Crippen LogP contribution in [0.5, 0.6) is 0 Å². The Kier molecular flexibility index (Phi) is 7.43. The maximum Gasteiger partial charge on any atom is 0.420 e. The first kappa shape index (κ1) is 24.3. The fraction of sp³-hybridized carbons (Fsp3) is 0.545. The van der Waals surface area contributed by atoms with E-state index in [0.717, 1.165) is 0 Å². The molecule has 0 spiro atoms. The first-order chi connectivity index (χ1) is 14.5. The van der Waals surface area contributed by atoms with E-state index in [1.807, 2.05) is 13.8 Å². The van der Waals surface area contributed by atoms with Gasteiger partial charge in [0.2, 0.25) is 5.54 Å². The van der Waals surface area contributed by atoms with Gasteiger partial charge in [-0.1, -0.05) is 26.0 Å². The zero-order valence-electron chi connectivity index (χ0n) is 18.7. The molecule has 1 aromatic heterocycles. The number of aromatic nitrogens is 2. The third-order valence-electron chi connectivity index (χ3n) is 4.93. The van der Waals surface area contributed by atoms with E-state index < -0.39 is 29.2 Å². The van der Waals surface area contributed by atoms with E-state index in [4.69, 9.17) is 4.74 Å². The highest BCUT2D eigenvalue weighted by molar-refractivity contribution is 6.04. The molecule has 0 radical (unpaired) electrons. The van der Waals surface area contributed by atoms with Crippen molar-refractivity contribution in [1.82, 2.24) is 14.5 Å². The van der Waals surface area contributed by atoms with Crippen LogP contribution < -0.4 is 0 Å². The molecule has 0 fully saturated rings. The Labute approximate surface area is 181 Å². The molecule has 0 aliphatic carbocycles. The fourth-order valence-electron chi connectivity index (χ4n) is 3.63. The molecular formula is C22H31N3O6. The van der Waals surface area contributed by atoms with Gasteiger partial charge in [0.05, 0.1) is 11.0 Å². The standard InChI is InChI=1S/C22H31N3O6/c1-6-11-24(12-7-2)22(18(26)27,19(28)29)13-15-9-8-10-16-17(15)23-14-25(16)20(30)31-21(3,4)5/h8-10,14H,6-7,11-13H2,1-5H3,(H,26,27)(H,28,29). The fourth-order valence-corrected chi connectivity index (χ4v) is 3.63. The van der Waals surface area contributed by atoms with Gasteiger partial charge < -0.3 is 14.9 Å². The molecule has 170 valence electrons. The Balaban J connectivity index is 2.58. The topological polar surface area (TPSA) is 122 Å². The monoisotopic (exact) mass is 433 g/mol. The van der Waals surface area contributed by atoms with Crippen LogP contribution in [0.1, 0.15) is 53.0 Å². The summed E-state index contributed by atoms with van der Waals surface area (Å²) in [6.45, 7) is 9.66. The summed E-state index contributed by atoms with van der Waals surface area (Å²) < 4.78 is 6.64. The van der Waals surface area contributed by atoms with Crippen molar-refractivity contribution >= 4 is 29.1 Å². The number of aliphatic carboxylic acids is 2. The third-order valence-corrected chi connectivity index (χ3v) is 4.93. The molecule has 0 amide bonds. The summed E-state index contributed by atoms with van der Waals surface area (Å²) in [6.07, 6.45) is 1.62. The molecule has 0 atom stereocenters. The number of carbonyl (C=O) groups is 3. The van der Waals surface area contributed by atoms with Crippen LogP contribution in [-0.4, -0.2) is 66.9 Å². The Hall–Kier alpha value is -2.94. The van der Waals surface area contributed by atoms with E-state index >= 15 is 0 Å². The van der Waals surface area contributed by atoms with Crippen LogP contribution in [-0.2, 0) is 20.7 Å². The molecule has 1 aromatic carbocycles. The zero-order valence-corrected chi connectivity index (χ0v) is 18.7. The van der Waals surface area contributed by atoms with Gasteiger partial charge in [0.15, 0.2) is 0 Å². The second-order valence-electron chi connectivity index (χ2n) is 8.51. The number of carboxylic acids is 2. The number of fused-ring (bicyclic) bond motifs is 1. The lowest BCUT2D eigenvalue weighted by atomic mass is 9.87. The Morgan fingerprint density at radius 1 is 1.06 bits per heavy atom. The lowest BCUT2D eigenvalue weighted by Crippen LogP contribution is -2.62. The molecule has 0 bridgehead atoms. The first-order valence-electron chi connectivity index (χ1n) is 10.4. The molecule has 0 aliphatic rings. The summed E-state index contributed by atoms with van der Waals surface area (Å²) in [5.74, 6) is -2.85. The molecule has 2 aromatic rings. The first-order valence-corrected chi connectivity index (χ1v) is 10.4. The van der Waals surface area contributed by atoms with Crippen LogP contribution in [0, 0.1) is 0 Å². The molecule has 9 nitrogen and oxygen atoms in total. The third kappa shape index (κ3) is 5.04. The number of para-hydroxylation sites is 1. The summed E-state index contributed by atoms with van der Waals surface area (Å²) in [6, 6.07) is 4.96. The van der Waals surface area contributed by atoms with Gasteiger partial charge in [-0.05, 0) is 58.3 Å². The van der Waals surface area contributed by atoms with E-state index in [1.165, 1.54) is 15.8 Å². The number of carboxylic acid groups (broad SMARTS) is 2. The van der Waals surface area contributed by atoms with E-state index in [2.05, 4.69) is 4.98 Å². The molecular weight excluding hydrogens is 402 g/mol. The summed E-state index contributed by atoms with van der Waals surface area (Å²) in [4.78, 5) is 43.0. The van der Waals surface area contributed by atoms with Crippen LogP contribution in [0.15, 0.2) is 24.5 Å². The maximum absolute atomic E-state index is 12.5. The van der Waals surface area contributed by atoms with E-state index in [0.29, 0.717) is 42.5 Å². The number of hydrogen-bond acceptors (Lipinski definition) is 6. The second-order valence-corrected chi connectivity index (χ2v) is 8.51. The molecule has 31 heavy (non-hydrogen) atoms. The smallest absolute Gasteiger partial charge is 0.420 e. The summed E-state index contributed by atoms with van der Waals surface area (Å²) in [5, 5.41) is 20.1. The highest BCUT2D eigenvalue weighted by atomic mass is 16.6. The lowest BCUT2D eigenvalue weighted by Gasteiger charge is -2.37. The van der Waals surface area contributed by atoms with E-state index in [1.54, 1.807) is 39.0 Å². The second kappa shape index (κ2) is 9.47. The molecule has 0 saturated carbocycles. The van der Waals surface area contributed by atoms with Gasteiger partial charge in [-0.15, -0.1) is 0 Å². The van der Waals surface area contributed by atoms with Gasteiger partial charge >= 0.3 is 18.0 Å². The lowest BCUT2D eigenvalue weighted by molar-refractivity contribution is -0.168. The SMILES string of the molecule is CCCN(CCC)C(Cc1cccc2c1ncn2C(=O)OC(C)(C)C)(C(=O)O)C(=O)O. The van der Waals surface area contributed by atoms with Crippen LogP contribution in [0.4, 0.5) is 4.79 Å².